The van der Waals surface area contributed by atoms with Gasteiger partial charge in [-0.1, -0.05) is 0 Å². The van der Waals surface area contributed by atoms with E-state index in [1.165, 1.54) is 18.4 Å². The van der Waals surface area contributed by atoms with E-state index in [0.29, 0.717) is 15.9 Å². The molecule has 0 aromatic carbocycles. The largest absolute Gasteiger partial charge is 0.455 e. The van der Waals surface area contributed by atoms with E-state index in [1.807, 2.05) is 31.5 Å². The van der Waals surface area contributed by atoms with Crippen LogP contribution in [-0.4, -0.2) is 18.4 Å². The van der Waals surface area contributed by atoms with Crippen molar-refractivity contribution in [2.45, 2.75) is 6.92 Å². The molecule has 0 aliphatic carbocycles. The molecular formula is C11H11N2O2S+. The second-order valence-electron chi connectivity index (χ2n) is 3.27. The van der Waals surface area contributed by atoms with Crippen LogP contribution in [0.5, 0.6) is 5.19 Å². The molecule has 2 aromatic heterocycles. The molecule has 2 rings (SSSR count). The molecule has 4 nitrogen and oxygen atoms in total. The first-order valence-electron chi connectivity index (χ1n) is 4.73. The fraction of sp³-hybridized carbons (Fsp3) is 0.182. The van der Waals surface area contributed by atoms with Crippen LogP contribution in [0.15, 0.2) is 24.5 Å². The van der Waals surface area contributed by atoms with Gasteiger partial charge in [0.05, 0.1) is 19.5 Å². The molecule has 0 saturated heterocycles. The summed E-state index contributed by atoms with van der Waals surface area (Å²) in [5.74, 6) is 0.608. The highest BCUT2D eigenvalue weighted by molar-refractivity contribution is 7.15. The molecule has 0 unspecified atom stereocenters. The van der Waals surface area contributed by atoms with E-state index in [0.717, 1.165) is 11.8 Å². The third kappa shape index (κ3) is 1.94. The summed E-state index contributed by atoms with van der Waals surface area (Å²) in [6.07, 6.45) is 4.54. The summed E-state index contributed by atoms with van der Waals surface area (Å²) in [6, 6.07) is 3.92. The molecule has 0 aliphatic heterocycles. The number of hydrogen-bond acceptors (Lipinski definition) is 4. The topological polar surface area (TPSA) is 43.1 Å². The molecule has 0 amide bonds. The summed E-state index contributed by atoms with van der Waals surface area (Å²) in [5.41, 5.74) is 1.16. The van der Waals surface area contributed by atoms with E-state index in [4.69, 9.17) is 4.74 Å². The Morgan fingerprint density at radius 2 is 2.12 bits per heavy atom. The lowest BCUT2D eigenvalue weighted by Gasteiger charge is -1.94. The van der Waals surface area contributed by atoms with Crippen LogP contribution in [0.25, 0.3) is 5.82 Å². The maximum Gasteiger partial charge on any atom is 0.389 e. The van der Waals surface area contributed by atoms with E-state index in [-0.39, 0.29) is 0 Å². The summed E-state index contributed by atoms with van der Waals surface area (Å²) >= 11 is 1.24. The Kier molecular flexibility index (Phi) is 2.96. The van der Waals surface area contributed by atoms with Crippen molar-refractivity contribution in [3.8, 4) is 11.0 Å². The maximum absolute atomic E-state index is 10.9. The van der Waals surface area contributed by atoms with Gasteiger partial charge in [0.25, 0.3) is 0 Å². The predicted molar refractivity (Wildman–Crippen MR) is 60.3 cm³/mol. The van der Waals surface area contributed by atoms with Crippen LogP contribution >= 0.6 is 11.3 Å². The first-order chi connectivity index (χ1) is 7.74. The summed E-state index contributed by atoms with van der Waals surface area (Å²) in [6.45, 7) is 2.01. The van der Waals surface area contributed by atoms with Gasteiger partial charge < -0.3 is 4.74 Å². The smallest absolute Gasteiger partial charge is 0.389 e. The molecule has 0 saturated carbocycles. The van der Waals surface area contributed by atoms with E-state index >= 15 is 0 Å². The molecule has 0 atom stereocenters. The lowest BCUT2D eigenvalue weighted by molar-refractivity contribution is -0.599. The summed E-state index contributed by atoms with van der Waals surface area (Å²) < 4.78 is 6.82. The number of aromatic nitrogens is 2. The molecule has 0 radical (unpaired) electrons. The molecular weight excluding hydrogens is 224 g/mol. The van der Waals surface area contributed by atoms with Crippen LogP contribution in [0.3, 0.4) is 0 Å². The van der Waals surface area contributed by atoms with Crippen LogP contribution in [0, 0.1) is 6.92 Å². The molecule has 0 N–H and O–H groups in total. The SMILES string of the molecule is COc1nc(-[n+]2ccc(C)cc2)c(C=O)s1. The third-order valence-corrected chi connectivity index (χ3v) is 3.07. The number of rotatable bonds is 3. The second-order valence-corrected chi connectivity index (χ2v) is 4.27. The van der Waals surface area contributed by atoms with Gasteiger partial charge in [-0.15, -0.1) is 0 Å². The Morgan fingerprint density at radius 3 is 2.69 bits per heavy atom. The van der Waals surface area contributed by atoms with Gasteiger partial charge in [-0.2, -0.15) is 0 Å². The standard InChI is InChI=1S/C11H11N2O2S/c1-8-3-5-13(6-4-8)10-9(7-14)16-11(12-10)15-2/h3-7H,1-2H3/q+1. The van der Waals surface area contributed by atoms with Crippen molar-refractivity contribution in [2.75, 3.05) is 7.11 Å². The Bertz CT molecular complexity index is 505. The van der Waals surface area contributed by atoms with Crippen molar-refractivity contribution < 1.29 is 14.1 Å². The van der Waals surface area contributed by atoms with Crippen molar-refractivity contribution in [1.29, 1.82) is 0 Å². The zero-order valence-corrected chi connectivity index (χ0v) is 9.82. The molecule has 2 heterocycles. The van der Waals surface area contributed by atoms with Gasteiger partial charge >= 0.3 is 11.0 Å². The number of hydrogen-bond donors (Lipinski definition) is 0. The highest BCUT2D eigenvalue weighted by Gasteiger charge is 2.22. The fourth-order valence-electron chi connectivity index (χ4n) is 1.30. The number of carbonyl (C=O) groups excluding carboxylic acids is 1. The number of methoxy groups -OCH3 is 1. The summed E-state index contributed by atoms with van der Waals surface area (Å²) in [7, 11) is 1.54. The highest BCUT2D eigenvalue weighted by atomic mass is 32.1. The van der Waals surface area contributed by atoms with Gasteiger partial charge in [-0.3, -0.25) is 4.79 Å². The van der Waals surface area contributed by atoms with Gasteiger partial charge in [0.2, 0.25) is 0 Å². The lowest BCUT2D eigenvalue weighted by Crippen LogP contribution is -2.31. The summed E-state index contributed by atoms with van der Waals surface area (Å²) in [4.78, 5) is 15.7. The molecule has 0 bridgehead atoms. The van der Waals surface area contributed by atoms with E-state index in [9.17, 15) is 4.79 Å². The molecule has 16 heavy (non-hydrogen) atoms. The van der Waals surface area contributed by atoms with Crippen molar-refractivity contribution in [3.05, 3.63) is 35.0 Å². The number of nitrogens with zero attached hydrogens (tertiary/aromatic N) is 2. The van der Waals surface area contributed by atoms with Gasteiger partial charge in [-0.25, -0.2) is 4.57 Å². The number of ether oxygens (including phenoxy) is 1. The molecule has 2 aromatic rings. The van der Waals surface area contributed by atoms with Gasteiger partial charge in [0, 0.05) is 4.98 Å². The molecule has 0 fully saturated rings. The molecule has 0 spiro atoms. The number of thiazole rings is 1. The zero-order chi connectivity index (χ0) is 11.5. The predicted octanol–water partition coefficient (Wildman–Crippen LogP) is 1.55. The van der Waals surface area contributed by atoms with E-state index in [2.05, 4.69) is 4.98 Å². The van der Waals surface area contributed by atoms with Gasteiger partial charge in [0.1, 0.15) is 0 Å². The minimum atomic E-state index is 0.491. The number of carbonyl (C=O) groups is 1. The zero-order valence-electron chi connectivity index (χ0n) is 9.01. The Hall–Kier alpha value is -1.75. The van der Waals surface area contributed by atoms with Gasteiger partial charge in [0.15, 0.2) is 11.2 Å². The van der Waals surface area contributed by atoms with Crippen LogP contribution < -0.4 is 9.30 Å². The fourth-order valence-corrected chi connectivity index (χ4v) is 1.99. The first-order valence-corrected chi connectivity index (χ1v) is 5.54. The number of aldehydes is 1. The molecule has 5 heteroatoms. The normalized spacial score (nSPS) is 10.1. The monoisotopic (exact) mass is 235 g/mol. The minimum Gasteiger partial charge on any atom is -0.455 e. The average Bonchev–Trinajstić information content (AvgIpc) is 2.73. The van der Waals surface area contributed by atoms with Crippen LogP contribution in [0.4, 0.5) is 0 Å². The second kappa shape index (κ2) is 4.40. The van der Waals surface area contributed by atoms with Crippen molar-refractivity contribution >= 4 is 17.6 Å². The summed E-state index contributed by atoms with van der Waals surface area (Å²) in [5, 5.41) is 0.491. The van der Waals surface area contributed by atoms with E-state index < -0.39 is 0 Å². The van der Waals surface area contributed by atoms with Crippen molar-refractivity contribution in [3.63, 3.8) is 0 Å². The maximum atomic E-state index is 10.9. The lowest BCUT2D eigenvalue weighted by atomic mass is 10.3. The minimum absolute atomic E-state index is 0.491. The average molecular weight is 235 g/mol. The number of aryl methyl sites for hydroxylation is 1. The highest BCUT2D eigenvalue weighted by Crippen LogP contribution is 2.22. The van der Waals surface area contributed by atoms with Gasteiger partial charge in [-0.05, 0) is 36.0 Å². The Labute approximate surface area is 97.1 Å². The molecule has 0 aliphatic rings. The van der Waals surface area contributed by atoms with Crippen LogP contribution in [0.1, 0.15) is 15.2 Å². The van der Waals surface area contributed by atoms with Crippen molar-refractivity contribution in [1.82, 2.24) is 4.98 Å². The Morgan fingerprint density at radius 1 is 1.44 bits per heavy atom. The quantitative estimate of drug-likeness (QED) is 0.599. The first kappa shape index (κ1) is 10.8. The molecule has 82 valence electrons. The Balaban J connectivity index is 2.49. The van der Waals surface area contributed by atoms with Crippen LogP contribution in [-0.2, 0) is 0 Å². The van der Waals surface area contributed by atoms with E-state index in [1.54, 1.807) is 4.57 Å². The number of pyridine rings is 1. The van der Waals surface area contributed by atoms with Crippen LogP contribution in [0.2, 0.25) is 0 Å². The third-order valence-electron chi connectivity index (χ3n) is 2.14. The van der Waals surface area contributed by atoms with Crippen molar-refractivity contribution in [2.24, 2.45) is 0 Å².